The molecule has 0 aromatic heterocycles. The van der Waals surface area contributed by atoms with Crippen LogP contribution in [0.2, 0.25) is 0 Å². The molecule has 2 heteroatoms. The van der Waals surface area contributed by atoms with Crippen LogP contribution >= 0.6 is 0 Å². The number of benzene rings is 1. The summed E-state index contributed by atoms with van der Waals surface area (Å²) in [6, 6.07) is 7.56. The van der Waals surface area contributed by atoms with E-state index in [0.717, 1.165) is 37.7 Å². The Balaban J connectivity index is 2.17. The van der Waals surface area contributed by atoms with Gasteiger partial charge in [-0.1, -0.05) is 43.0 Å². The maximum Gasteiger partial charge on any atom is 0.173 e. The van der Waals surface area contributed by atoms with Crippen LogP contribution in [0.5, 0.6) is 0 Å². The normalized spacial score (nSPS) is 21.2. The SMILES string of the molecule is Cc1cccc(C(=O)C2CCCCCCC2=O)c1. The summed E-state index contributed by atoms with van der Waals surface area (Å²) < 4.78 is 0. The molecule has 0 heterocycles. The topological polar surface area (TPSA) is 34.1 Å². The number of rotatable bonds is 2. The molecule has 2 rings (SSSR count). The molecule has 1 aromatic rings. The summed E-state index contributed by atoms with van der Waals surface area (Å²) in [5, 5.41) is 0. The lowest BCUT2D eigenvalue weighted by Crippen LogP contribution is -2.25. The van der Waals surface area contributed by atoms with E-state index in [1.165, 1.54) is 0 Å². The van der Waals surface area contributed by atoms with Gasteiger partial charge in [-0.15, -0.1) is 0 Å². The second kappa shape index (κ2) is 5.94. The Morgan fingerprint density at radius 1 is 1.17 bits per heavy atom. The van der Waals surface area contributed by atoms with E-state index in [2.05, 4.69) is 0 Å². The lowest BCUT2D eigenvalue weighted by atomic mass is 9.84. The molecule has 1 saturated carbocycles. The molecular weight excluding hydrogens is 224 g/mol. The van der Waals surface area contributed by atoms with Crippen molar-refractivity contribution in [1.82, 2.24) is 0 Å². The molecule has 1 aliphatic carbocycles. The third-order valence-electron chi connectivity index (χ3n) is 3.67. The number of carbonyl (C=O) groups is 2. The maximum absolute atomic E-state index is 12.4. The molecule has 1 atom stereocenters. The minimum Gasteiger partial charge on any atom is -0.299 e. The second-order valence-corrected chi connectivity index (χ2v) is 5.21. The number of ketones is 2. The molecule has 1 aliphatic rings. The van der Waals surface area contributed by atoms with Gasteiger partial charge in [0.15, 0.2) is 5.78 Å². The van der Waals surface area contributed by atoms with Crippen molar-refractivity contribution in [3.05, 3.63) is 35.4 Å². The Bertz CT molecular complexity index is 448. The molecular formula is C16H20O2. The van der Waals surface area contributed by atoms with Crippen molar-refractivity contribution in [2.24, 2.45) is 5.92 Å². The molecule has 1 unspecified atom stereocenters. The van der Waals surface area contributed by atoms with E-state index in [-0.39, 0.29) is 11.6 Å². The van der Waals surface area contributed by atoms with Crippen LogP contribution in [0.15, 0.2) is 24.3 Å². The van der Waals surface area contributed by atoms with E-state index in [1.54, 1.807) is 0 Å². The van der Waals surface area contributed by atoms with Crippen molar-refractivity contribution in [2.45, 2.75) is 45.4 Å². The van der Waals surface area contributed by atoms with Crippen molar-refractivity contribution in [1.29, 1.82) is 0 Å². The standard InChI is InChI=1S/C16H20O2/c1-12-7-6-8-13(11-12)16(18)14-9-4-2-3-5-10-15(14)17/h6-8,11,14H,2-5,9-10H2,1H3. The molecule has 0 saturated heterocycles. The van der Waals surface area contributed by atoms with Crippen LogP contribution in [0, 0.1) is 12.8 Å². The molecule has 1 aromatic carbocycles. The van der Waals surface area contributed by atoms with Crippen LogP contribution < -0.4 is 0 Å². The molecule has 0 aliphatic heterocycles. The number of Topliss-reactive ketones (excluding diaryl/α,β-unsaturated/α-hetero) is 2. The van der Waals surface area contributed by atoms with E-state index in [9.17, 15) is 9.59 Å². The van der Waals surface area contributed by atoms with Gasteiger partial charge in [0, 0.05) is 12.0 Å². The van der Waals surface area contributed by atoms with Gasteiger partial charge in [0.25, 0.3) is 0 Å². The maximum atomic E-state index is 12.4. The van der Waals surface area contributed by atoms with Crippen molar-refractivity contribution >= 4 is 11.6 Å². The number of aryl methyl sites for hydroxylation is 1. The van der Waals surface area contributed by atoms with Gasteiger partial charge in [0.05, 0.1) is 5.92 Å². The Morgan fingerprint density at radius 3 is 2.72 bits per heavy atom. The minimum atomic E-state index is -0.396. The monoisotopic (exact) mass is 244 g/mol. The van der Waals surface area contributed by atoms with Gasteiger partial charge in [-0.3, -0.25) is 9.59 Å². The van der Waals surface area contributed by atoms with Gasteiger partial charge >= 0.3 is 0 Å². The Hall–Kier alpha value is -1.44. The van der Waals surface area contributed by atoms with E-state index >= 15 is 0 Å². The zero-order valence-electron chi connectivity index (χ0n) is 10.9. The Kier molecular flexibility index (Phi) is 4.29. The van der Waals surface area contributed by atoms with Gasteiger partial charge < -0.3 is 0 Å². The fourth-order valence-electron chi connectivity index (χ4n) is 2.61. The van der Waals surface area contributed by atoms with E-state index < -0.39 is 5.92 Å². The highest BCUT2D eigenvalue weighted by Gasteiger charge is 2.27. The minimum absolute atomic E-state index is 0.0191. The average molecular weight is 244 g/mol. The van der Waals surface area contributed by atoms with Crippen molar-refractivity contribution in [3.8, 4) is 0 Å². The lowest BCUT2D eigenvalue weighted by molar-refractivity contribution is -0.122. The largest absolute Gasteiger partial charge is 0.299 e. The van der Waals surface area contributed by atoms with Crippen molar-refractivity contribution in [2.75, 3.05) is 0 Å². The fourth-order valence-corrected chi connectivity index (χ4v) is 2.61. The summed E-state index contributed by atoms with van der Waals surface area (Å²) in [6.45, 7) is 1.97. The highest BCUT2D eigenvalue weighted by Crippen LogP contribution is 2.23. The summed E-state index contributed by atoms with van der Waals surface area (Å²) in [5.41, 5.74) is 1.76. The Labute approximate surface area is 108 Å². The van der Waals surface area contributed by atoms with Crippen LogP contribution in [0.1, 0.15) is 54.4 Å². The third kappa shape index (κ3) is 3.06. The van der Waals surface area contributed by atoms with Gasteiger partial charge in [0.1, 0.15) is 5.78 Å². The quantitative estimate of drug-likeness (QED) is 0.587. The zero-order valence-corrected chi connectivity index (χ0v) is 10.9. The molecule has 1 fully saturated rings. The number of hydrogen-bond acceptors (Lipinski definition) is 2. The zero-order chi connectivity index (χ0) is 13.0. The average Bonchev–Trinajstić information content (AvgIpc) is 2.34. The highest BCUT2D eigenvalue weighted by atomic mass is 16.1. The van der Waals surface area contributed by atoms with Crippen molar-refractivity contribution < 1.29 is 9.59 Å². The molecule has 18 heavy (non-hydrogen) atoms. The summed E-state index contributed by atoms with van der Waals surface area (Å²) in [5.74, 6) is -0.237. The van der Waals surface area contributed by atoms with Crippen molar-refractivity contribution in [3.63, 3.8) is 0 Å². The number of hydrogen-bond donors (Lipinski definition) is 0. The second-order valence-electron chi connectivity index (χ2n) is 5.21. The summed E-state index contributed by atoms with van der Waals surface area (Å²) in [7, 11) is 0. The first kappa shape index (κ1) is 13.0. The van der Waals surface area contributed by atoms with Gasteiger partial charge in [-0.2, -0.15) is 0 Å². The summed E-state index contributed by atoms with van der Waals surface area (Å²) in [6.07, 6.45) is 5.50. The predicted molar refractivity (Wildman–Crippen MR) is 71.7 cm³/mol. The summed E-state index contributed by atoms with van der Waals surface area (Å²) in [4.78, 5) is 24.5. The molecule has 0 radical (unpaired) electrons. The van der Waals surface area contributed by atoms with Crippen LogP contribution in [0.25, 0.3) is 0 Å². The van der Waals surface area contributed by atoms with E-state index in [1.807, 2.05) is 31.2 Å². The van der Waals surface area contributed by atoms with Gasteiger partial charge in [0.2, 0.25) is 0 Å². The molecule has 0 amide bonds. The first-order valence-electron chi connectivity index (χ1n) is 6.82. The number of carbonyl (C=O) groups excluding carboxylic acids is 2. The van der Waals surface area contributed by atoms with Crippen LogP contribution in [-0.4, -0.2) is 11.6 Å². The van der Waals surface area contributed by atoms with Crippen LogP contribution in [-0.2, 0) is 4.79 Å². The first-order valence-corrected chi connectivity index (χ1v) is 6.82. The fraction of sp³-hybridized carbons (Fsp3) is 0.500. The van der Waals surface area contributed by atoms with E-state index in [0.29, 0.717) is 12.0 Å². The Morgan fingerprint density at radius 2 is 1.94 bits per heavy atom. The molecule has 96 valence electrons. The molecule has 0 bridgehead atoms. The van der Waals surface area contributed by atoms with Gasteiger partial charge in [-0.25, -0.2) is 0 Å². The highest BCUT2D eigenvalue weighted by molar-refractivity contribution is 6.10. The smallest absolute Gasteiger partial charge is 0.173 e. The van der Waals surface area contributed by atoms with E-state index in [4.69, 9.17) is 0 Å². The molecule has 2 nitrogen and oxygen atoms in total. The first-order chi connectivity index (χ1) is 8.68. The molecule has 0 spiro atoms. The third-order valence-corrected chi connectivity index (χ3v) is 3.67. The predicted octanol–water partition coefficient (Wildman–Crippen LogP) is 3.72. The van der Waals surface area contributed by atoms with Crippen LogP contribution in [0.4, 0.5) is 0 Å². The summed E-state index contributed by atoms with van der Waals surface area (Å²) >= 11 is 0. The van der Waals surface area contributed by atoms with Crippen LogP contribution in [0.3, 0.4) is 0 Å². The van der Waals surface area contributed by atoms with Gasteiger partial charge in [-0.05, 0) is 25.8 Å². The lowest BCUT2D eigenvalue weighted by Gasteiger charge is -2.17. The molecule has 0 N–H and O–H groups in total.